The molecule has 0 unspecified atom stereocenters. The third-order valence-electron chi connectivity index (χ3n) is 3.49. The van der Waals surface area contributed by atoms with Crippen LogP contribution in [0.1, 0.15) is 31.7 Å². The van der Waals surface area contributed by atoms with Gasteiger partial charge in [0.25, 0.3) is 0 Å². The number of amides is 1. The van der Waals surface area contributed by atoms with Crippen LogP contribution in [0, 0.1) is 0 Å². The fourth-order valence-corrected chi connectivity index (χ4v) is 3.55. The molecule has 1 aromatic carbocycles. The second-order valence-corrected chi connectivity index (χ2v) is 6.74. The van der Waals surface area contributed by atoms with Crippen LogP contribution in [-0.2, 0) is 11.3 Å². The zero-order chi connectivity index (χ0) is 15.9. The van der Waals surface area contributed by atoms with Crippen molar-refractivity contribution >= 4 is 27.5 Å². The lowest BCUT2D eigenvalue weighted by molar-refractivity contribution is -0.132. The first-order valence-corrected chi connectivity index (χ1v) is 8.76. The van der Waals surface area contributed by atoms with Crippen molar-refractivity contribution in [3.8, 4) is 0 Å². The molecule has 22 heavy (non-hydrogen) atoms. The normalized spacial score (nSPS) is 11.3. The van der Waals surface area contributed by atoms with E-state index in [1.54, 1.807) is 11.3 Å². The molecule has 120 valence electrons. The van der Waals surface area contributed by atoms with Crippen LogP contribution in [0.25, 0.3) is 10.2 Å². The fraction of sp³-hybridized carbons (Fsp3) is 0.529. The first kappa shape index (κ1) is 16.9. The highest BCUT2D eigenvalue weighted by Crippen LogP contribution is 2.22. The third-order valence-corrected chi connectivity index (χ3v) is 4.51. The van der Waals surface area contributed by atoms with Crippen molar-refractivity contribution in [1.82, 2.24) is 14.8 Å². The van der Waals surface area contributed by atoms with Gasteiger partial charge in [-0.05, 0) is 32.0 Å². The molecule has 2 aromatic rings. The largest absolute Gasteiger partial charge is 0.342 e. The minimum Gasteiger partial charge on any atom is -0.342 e. The number of thiazole rings is 1. The summed E-state index contributed by atoms with van der Waals surface area (Å²) in [5.41, 5.74) is 1.04. The summed E-state index contributed by atoms with van der Waals surface area (Å²) in [6.45, 7) is 7.10. The van der Waals surface area contributed by atoms with E-state index in [0.29, 0.717) is 6.54 Å². The summed E-state index contributed by atoms with van der Waals surface area (Å²) < 4.78 is 1.20. The van der Waals surface area contributed by atoms with E-state index in [1.165, 1.54) is 4.70 Å². The number of benzene rings is 1. The summed E-state index contributed by atoms with van der Waals surface area (Å²) in [7, 11) is 1.99. The molecule has 1 aromatic heterocycles. The van der Waals surface area contributed by atoms with Gasteiger partial charge in [0.15, 0.2) is 0 Å². The molecule has 0 saturated heterocycles. The van der Waals surface area contributed by atoms with E-state index < -0.39 is 0 Å². The number of hydrogen-bond donors (Lipinski definition) is 0. The number of aromatic nitrogens is 1. The summed E-state index contributed by atoms with van der Waals surface area (Å²) in [4.78, 5) is 21.0. The Balaban J connectivity index is 1.93. The van der Waals surface area contributed by atoms with Gasteiger partial charge in [-0.2, -0.15) is 0 Å². The standard InChI is InChI=1S/C17H25N3OS/c1-4-10-20(11-5-2)17(21)13-19(3)12-16-18-14-8-6-7-9-15(14)22-16/h6-9H,4-5,10-13H2,1-3H3. The number of carbonyl (C=O) groups excluding carboxylic acids is 1. The van der Waals surface area contributed by atoms with E-state index in [1.807, 2.05) is 30.1 Å². The van der Waals surface area contributed by atoms with Gasteiger partial charge in [-0.3, -0.25) is 9.69 Å². The summed E-state index contributed by atoms with van der Waals surface area (Å²) in [5, 5.41) is 1.06. The van der Waals surface area contributed by atoms with Crippen LogP contribution in [0.15, 0.2) is 24.3 Å². The van der Waals surface area contributed by atoms with E-state index in [0.717, 1.165) is 43.0 Å². The zero-order valence-corrected chi connectivity index (χ0v) is 14.5. The molecule has 0 aliphatic carbocycles. The molecule has 0 aliphatic rings. The van der Waals surface area contributed by atoms with Gasteiger partial charge in [0.05, 0.1) is 23.3 Å². The molecule has 1 amide bonds. The van der Waals surface area contributed by atoms with Crippen molar-refractivity contribution < 1.29 is 4.79 Å². The number of carbonyl (C=O) groups is 1. The maximum Gasteiger partial charge on any atom is 0.236 e. The second-order valence-electron chi connectivity index (χ2n) is 5.63. The van der Waals surface area contributed by atoms with Gasteiger partial charge in [0, 0.05) is 13.1 Å². The highest BCUT2D eigenvalue weighted by Gasteiger charge is 2.15. The van der Waals surface area contributed by atoms with Crippen LogP contribution in [0.3, 0.4) is 0 Å². The molecule has 0 atom stereocenters. The topological polar surface area (TPSA) is 36.4 Å². The Kier molecular flexibility index (Phi) is 6.34. The Morgan fingerprint density at radius 1 is 1.18 bits per heavy atom. The predicted molar refractivity (Wildman–Crippen MR) is 93.1 cm³/mol. The number of hydrogen-bond acceptors (Lipinski definition) is 4. The minimum absolute atomic E-state index is 0.215. The maximum atomic E-state index is 12.4. The third kappa shape index (κ3) is 4.52. The van der Waals surface area contributed by atoms with Crippen molar-refractivity contribution in [2.45, 2.75) is 33.2 Å². The van der Waals surface area contributed by atoms with E-state index in [-0.39, 0.29) is 5.91 Å². The lowest BCUT2D eigenvalue weighted by Crippen LogP contribution is -2.39. The van der Waals surface area contributed by atoms with Gasteiger partial charge in [0.2, 0.25) is 5.91 Å². The second kappa shape index (κ2) is 8.25. The van der Waals surface area contributed by atoms with Crippen LogP contribution in [0.5, 0.6) is 0 Å². The molecule has 0 saturated carbocycles. The van der Waals surface area contributed by atoms with Crippen molar-refractivity contribution in [3.63, 3.8) is 0 Å². The molecule has 2 rings (SSSR count). The molecule has 4 nitrogen and oxygen atoms in total. The van der Waals surface area contributed by atoms with E-state index in [4.69, 9.17) is 0 Å². The van der Waals surface area contributed by atoms with Crippen LogP contribution in [0.4, 0.5) is 0 Å². The molecule has 0 spiro atoms. The summed E-state index contributed by atoms with van der Waals surface area (Å²) in [6.07, 6.45) is 2.01. The molecule has 0 fully saturated rings. The quantitative estimate of drug-likeness (QED) is 0.748. The lowest BCUT2D eigenvalue weighted by atomic mass is 10.3. The zero-order valence-electron chi connectivity index (χ0n) is 13.7. The maximum absolute atomic E-state index is 12.4. The average molecular weight is 319 g/mol. The monoisotopic (exact) mass is 319 g/mol. The van der Waals surface area contributed by atoms with Crippen LogP contribution < -0.4 is 0 Å². The number of nitrogens with zero attached hydrogens (tertiary/aromatic N) is 3. The Morgan fingerprint density at radius 3 is 2.50 bits per heavy atom. The van der Waals surface area contributed by atoms with Gasteiger partial charge in [-0.1, -0.05) is 26.0 Å². The number of fused-ring (bicyclic) bond motifs is 1. The van der Waals surface area contributed by atoms with Crippen molar-refractivity contribution in [2.24, 2.45) is 0 Å². The molecular formula is C17H25N3OS. The molecule has 0 radical (unpaired) electrons. The highest BCUT2D eigenvalue weighted by molar-refractivity contribution is 7.18. The lowest BCUT2D eigenvalue weighted by Gasteiger charge is -2.24. The minimum atomic E-state index is 0.215. The Morgan fingerprint density at radius 2 is 1.86 bits per heavy atom. The Hall–Kier alpha value is -1.46. The van der Waals surface area contributed by atoms with Gasteiger partial charge in [0.1, 0.15) is 5.01 Å². The van der Waals surface area contributed by atoms with Gasteiger partial charge >= 0.3 is 0 Å². The Bertz CT molecular complexity index is 572. The van der Waals surface area contributed by atoms with E-state index in [9.17, 15) is 4.79 Å². The van der Waals surface area contributed by atoms with Crippen LogP contribution in [0.2, 0.25) is 0 Å². The van der Waals surface area contributed by atoms with Crippen molar-refractivity contribution in [1.29, 1.82) is 0 Å². The summed E-state index contributed by atoms with van der Waals surface area (Å²) in [6, 6.07) is 8.16. The van der Waals surface area contributed by atoms with Gasteiger partial charge in [-0.25, -0.2) is 4.98 Å². The number of likely N-dealkylation sites (N-methyl/N-ethyl adjacent to an activating group) is 1. The molecule has 5 heteroatoms. The first-order chi connectivity index (χ1) is 10.6. The van der Waals surface area contributed by atoms with Crippen molar-refractivity contribution in [2.75, 3.05) is 26.7 Å². The highest BCUT2D eigenvalue weighted by atomic mass is 32.1. The number of rotatable bonds is 8. The summed E-state index contributed by atoms with van der Waals surface area (Å²) in [5.74, 6) is 0.215. The molecular weight excluding hydrogens is 294 g/mol. The van der Waals surface area contributed by atoms with Crippen LogP contribution >= 0.6 is 11.3 Å². The van der Waals surface area contributed by atoms with Gasteiger partial charge < -0.3 is 4.90 Å². The van der Waals surface area contributed by atoms with E-state index >= 15 is 0 Å². The summed E-state index contributed by atoms with van der Waals surface area (Å²) >= 11 is 1.70. The van der Waals surface area contributed by atoms with Crippen LogP contribution in [-0.4, -0.2) is 47.4 Å². The van der Waals surface area contributed by atoms with Gasteiger partial charge in [-0.15, -0.1) is 11.3 Å². The van der Waals surface area contributed by atoms with Crippen molar-refractivity contribution in [3.05, 3.63) is 29.3 Å². The molecule has 1 heterocycles. The fourth-order valence-electron chi connectivity index (χ4n) is 2.51. The molecule has 0 aliphatic heterocycles. The predicted octanol–water partition coefficient (Wildman–Crippen LogP) is 3.38. The average Bonchev–Trinajstić information content (AvgIpc) is 2.88. The number of para-hydroxylation sites is 1. The smallest absolute Gasteiger partial charge is 0.236 e. The van der Waals surface area contributed by atoms with E-state index in [2.05, 4.69) is 29.8 Å². The SMILES string of the molecule is CCCN(CCC)C(=O)CN(C)Cc1nc2ccccc2s1. The molecule has 0 N–H and O–H groups in total. The molecule has 0 bridgehead atoms. The Labute approximate surface area is 136 Å². The first-order valence-electron chi connectivity index (χ1n) is 7.94.